The fourth-order valence-corrected chi connectivity index (χ4v) is 2.32. The van der Waals surface area contributed by atoms with Crippen LogP contribution in [0.2, 0.25) is 0 Å². The number of esters is 3. The molecule has 0 aromatic carbocycles. The Hall–Kier alpha value is -2.19. The van der Waals surface area contributed by atoms with Gasteiger partial charge in [0.15, 0.2) is 6.10 Å². The van der Waals surface area contributed by atoms with Crippen LogP contribution in [0.5, 0.6) is 0 Å². The zero-order valence-electron chi connectivity index (χ0n) is 14.7. The molecule has 0 saturated carbocycles. The van der Waals surface area contributed by atoms with Crippen molar-refractivity contribution in [2.75, 3.05) is 7.11 Å². The van der Waals surface area contributed by atoms with Crippen molar-refractivity contribution in [2.45, 2.75) is 57.7 Å². The Bertz CT molecular complexity index is 539. The van der Waals surface area contributed by atoms with Gasteiger partial charge in [-0.15, -0.1) is 0 Å². The maximum Gasteiger partial charge on any atom is 0.330 e. The van der Waals surface area contributed by atoms with Gasteiger partial charge < -0.3 is 24.1 Å². The van der Waals surface area contributed by atoms with Gasteiger partial charge in [0, 0.05) is 33.5 Å². The molecule has 0 fully saturated rings. The van der Waals surface area contributed by atoms with Gasteiger partial charge in [-0.2, -0.15) is 0 Å². The SMILES string of the molecule is CO[C@@H](/C=C/[C@@H](OC(C)=O)[C@@H](C)OC(C)=O)[C@@H](O)[C@@H]1CC=CC(=O)O1. The first kappa shape index (κ1) is 20.9. The van der Waals surface area contributed by atoms with Crippen LogP contribution in [-0.4, -0.2) is 60.6 Å². The van der Waals surface area contributed by atoms with Crippen LogP contribution in [0.15, 0.2) is 24.3 Å². The average molecular weight is 356 g/mol. The van der Waals surface area contributed by atoms with Gasteiger partial charge >= 0.3 is 17.9 Å². The highest BCUT2D eigenvalue weighted by atomic mass is 16.6. The Labute approximate surface area is 146 Å². The van der Waals surface area contributed by atoms with Gasteiger partial charge in [-0.25, -0.2) is 4.79 Å². The summed E-state index contributed by atoms with van der Waals surface area (Å²) in [6.07, 6.45) is 1.96. The maximum absolute atomic E-state index is 11.3. The van der Waals surface area contributed by atoms with Crippen LogP contribution in [0.3, 0.4) is 0 Å². The smallest absolute Gasteiger partial charge is 0.330 e. The lowest BCUT2D eigenvalue weighted by Crippen LogP contribution is -2.41. The largest absolute Gasteiger partial charge is 0.459 e. The molecular formula is C17H24O8. The van der Waals surface area contributed by atoms with E-state index in [1.807, 2.05) is 0 Å². The molecule has 1 aliphatic rings. The van der Waals surface area contributed by atoms with E-state index >= 15 is 0 Å². The normalized spacial score (nSPS) is 22.0. The number of hydrogen-bond acceptors (Lipinski definition) is 8. The van der Waals surface area contributed by atoms with Gasteiger partial charge in [-0.05, 0) is 13.0 Å². The molecule has 0 aliphatic carbocycles. The van der Waals surface area contributed by atoms with Crippen molar-refractivity contribution in [3.8, 4) is 0 Å². The van der Waals surface area contributed by atoms with Crippen LogP contribution < -0.4 is 0 Å². The molecule has 0 unspecified atom stereocenters. The fourth-order valence-electron chi connectivity index (χ4n) is 2.32. The van der Waals surface area contributed by atoms with Gasteiger partial charge in [-0.3, -0.25) is 9.59 Å². The number of aliphatic hydroxyl groups excluding tert-OH is 1. The molecule has 1 aliphatic heterocycles. The Morgan fingerprint density at radius 3 is 2.36 bits per heavy atom. The van der Waals surface area contributed by atoms with E-state index in [4.69, 9.17) is 18.9 Å². The number of aliphatic hydroxyl groups is 1. The second-order valence-electron chi connectivity index (χ2n) is 5.58. The number of methoxy groups -OCH3 is 1. The second-order valence-corrected chi connectivity index (χ2v) is 5.58. The third-order valence-electron chi connectivity index (χ3n) is 3.49. The van der Waals surface area contributed by atoms with Crippen LogP contribution in [0, 0.1) is 0 Å². The standard InChI is InChI=1S/C17H24O8/c1-10(23-11(2)18)13(24-12(3)19)8-9-14(22-4)17(21)15-6-5-7-16(20)25-15/h5,7-10,13-15,17,21H,6H2,1-4H3/b9-8+/t10-,13-,14+,15+,17-/m1/s1. The summed E-state index contributed by atoms with van der Waals surface area (Å²) < 4.78 is 20.4. The first-order chi connectivity index (χ1) is 11.7. The molecule has 1 heterocycles. The highest BCUT2D eigenvalue weighted by molar-refractivity contribution is 5.82. The van der Waals surface area contributed by atoms with E-state index in [9.17, 15) is 19.5 Å². The first-order valence-corrected chi connectivity index (χ1v) is 7.85. The molecule has 0 aromatic heterocycles. The summed E-state index contributed by atoms with van der Waals surface area (Å²) in [6.45, 7) is 4.06. The summed E-state index contributed by atoms with van der Waals surface area (Å²) in [5.41, 5.74) is 0. The number of rotatable bonds is 8. The van der Waals surface area contributed by atoms with Gasteiger partial charge in [0.2, 0.25) is 0 Å². The molecule has 8 heteroatoms. The maximum atomic E-state index is 11.3. The van der Waals surface area contributed by atoms with Gasteiger partial charge in [0.1, 0.15) is 24.4 Å². The fraction of sp³-hybridized carbons (Fsp3) is 0.588. The number of cyclic esters (lactones) is 1. The Morgan fingerprint density at radius 2 is 1.84 bits per heavy atom. The van der Waals surface area contributed by atoms with E-state index in [2.05, 4.69) is 0 Å². The zero-order chi connectivity index (χ0) is 19.0. The van der Waals surface area contributed by atoms with Crippen LogP contribution in [0.25, 0.3) is 0 Å². The van der Waals surface area contributed by atoms with E-state index in [1.165, 1.54) is 39.2 Å². The summed E-state index contributed by atoms with van der Waals surface area (Å²) in [4.78, 5) is 33.6. The van der Waals surface area contributed by atoms with E-state index in [0.717, 1.165) is 0 Å². The topological polar surface area (TPSA) is 108 Å². The van der Waals surface area contributed by atoms with Gasteiger partial charge in [0.25, 0.3) is 0 Å². The molecule has 0 aromatic rings. The van der Waals surface area contributed by atoms with Crippen molar-refractivity contribution in [3.05, 3.63) is 24.3 Å². The number of ether oxygens (including phenoxy) is 4. The van der Waals surface area contributed by atoms with Crippen molar-refractivity contribution >= 4 is 17.9 Å². The predicted molar refractivity (Wildman–Crippen MR) is 86.4 cm³/mol. The third kappa shape index (κ3) is 7.06. The van der Waals surface area contributed by atoms with Crippen molar-refractivity contribution in [2.24, 2.45) is 0 Å². The van der Waals surface area contributed by atoms with Crippen molar-refractivity contribution in [1.29, 1.82) is 0 Å². The number of carbonyl (C=O) groups is 3. The molecule has 5 atom stereocenters. The minimum atomic E-state index is -1.11. The summed E-state index contributed by atoms with van der Waals surface area (Å²) in [5, 5.41) is 10.3. The van der Waals surface area contributed by atoms with Gasteiger partial charge in [0.05, 0.1) is 0 Å². The predicted octanol–water partition coefficient (Wildman–Crippen LogP) is 0.673. The zero-order valence-corrected chi connectivity index (χ0v) is 14.7. The van der Waals surface area contributed by atoms with E-state index in [0.29, 0.717) is 6.42 Å². The Balaban J connectivity index is 2.82. The van der Waals surface area contributed by atoms with E-state index < -0.39 is 48.4 Å². The van der Waals surface area contributed by atoms with Crippen molar-refractivity contribution < 1.29 is 38.4 Å². The molecule has 1 N–H and O–H groups in total. The van der Waals surface area contributed by atoms with Crippen molar-refractivity contribution in [3.63, 3.8) is 0 Å². The van der Waals surface area contributed by atoms with E-state index in [1.54, 1.807) is 13.0 Å². The molecule has 0 bridgehead atoms. The highest BCUT2D eigenvalue weighted by Crippen LogP contribution is 2.17. The number of hydrogen-bond donors (Lipinski definition) is 1. The molecular weight excluding hydrogens is 332 g/mol. The summed E-state index contributed by atoms with van der Waals surface area (Å²) in [7, 11) is 1.38. The van der Waals surface area contributed by atoms with Crippen LogP contribution in [0.4, 0.5) is 0 Å². The van der Waals surface area contributed by atoms with Gasteiger partial charge in [-0.1, -0.05) is 12.2 Å². The molecule has 1 rings (SSSR count). The summed E-state index contributed by atoms with van der Waals surface area (Å²) in [6, 6.07) is 0. The third-order valence-corrected chi connectivity index (χ3v) is 3.49. The lowest BCUT2D eigenvalue weighted by molar-refractivity contribution is -0.160. The molecule has 0 amide bonds. The number of carbonyl (C=O) groups excluding carboxylic acids is 3. The summed E-state index contributed by atoms with van der Waals surface area (Å²) in [5.74, 6) is -1.59. The molecule has 0 spiro atoms. The molecule has 25 heavy (non-hydrogen) atoms. The monoisotopic (exact) mass is 356 g/mol. The quantitative estimate of drug-likeness (QED) is 0.384. The Morgan fingerprint density at radius 1 is 1.24 bits per heavy atom. The summed E-state index contributed by atoms with van der Waals surface area (Å²) >= 11 is 0. The average Bonchev–Trinajstić information content (AvgIpc) is 2.53. The molecule has 0 radical (unpaired) electrons. The lowest BCUT2D eigenvalue weighted by Gasteiger charge is -2.28. The van der Waals surface area contributed by atoms with E-state index in [-0.39, 0.29) is 0 Å². The second kappa shape index (κ2) is 9.95. The minimum absolute atomic E-state index is 0.359. The lowest BCUT2D eigenvalue weighted by atomic mass is 10.0. The van der Waals surface area contributed by atoms with Crippen LogP contribution in [-0.2, 0) is 33.3 Å². The van der Waals surface area contributed by atoms with Crippen molar-refractivity contribution in [1.82, 2.24) is 0 Å². The van der Waals surface area contributed by atoms with Crippen LogP contribution >= 0.6 is 0 Å². The minimum Gasteiger partial charge on any atom is -0.459 e. The molecule has 140 valence electrons. The molecule has 8 nitrogen and oxygen atoms in total. The highest BCUT2D eigenvalue weighted by Gasteiger charge is 2.30. The Kier molecular flexibility index (Phi) is 8.30. The molecule has 0 saturated heterocycles. The first-order valence-electron chi connectivity index (χ1n) is 7.85. The van der Waals surface area contributed by atoms with Crippen LogP contribution in [0.1, 0.15) is 27.2 Å².